The van der Waals surface area contributed by atoms with Gasteiger partial charge in [-0.3, -0.25) is 4.79 Å². The second-order valence-corrected chi connectivity index (χ2v) is 5.47. The van der Waals surface area contributed by atoms with Crippen molar-refractivity contribution < 1.29 is 4.79 Å². The van der Waals surface area contributed by atoms with Crippen LogP contribution in [0.4, 0.5) is 0 Å². The fourth-order valence-corrected chi connectivity index (χ4v) is 2.70. The standard InChI is InChI=1S/C17H25NO/c1-2-3-4-5-6-17(19)16-8-7-14-9-11-18-12-10-15(14)13-16/h7-8,13,18H,2-6,9-12H2,1H3. The van der Waals surface area contributed by atoms with Crippen LogP contribution in [0.25, 0.3) is 0 Å². The summed E-state index contributed by atoms with van der Waals surface area (Å²) in [7, 11) is 0. The number of hydrogen-bond donors (Lipinski definition) is 1. The molecule has 2 heteroatoms. The van der Waals surface area contributed by atoms with Crippen molar-refractivity contribution in [2.75, 3.05) is 13.1 Å². The first kappa shape index (κ1) is 14.3. The third-order valence-electron chi connectivity index (χ3n) is 3.93. The van der Waals surface area contributed by atoms with E-state index in [2.05, 4.69) is 24.4 Å². The lowest BCUT2D eigenvalue weighted by Crippen LogP contribution is -2.16. The second-order valence-electron chi connectivity index (χ2n) is 5.47. The number of hydrogen-bond acceptors (Lipinski definition) is 2. The molecule has 2 rings (SSSR count). The van der Waals surface area contributed by atoms with Crippen LogP contribution in [0.2, 0.25) is 0 Å². The molecule has 1 heterocycles. The van der Waals surface area contributed by atoms with E-state index in [1.165, 1.54) is 30.4 Å². The van der Waals surface area contributed by atoms with Gasteiger partial charge in [-0.1, -0.05) is 38.3 Å². The summed E-state index contributed by atoms with van der Waals surface area (Å²) in [5, 5.41) is 3.41. The number of Topliss-reactive ketones (excluding diaryl/α,β-unsaturated/α-hetero) is 1. The molecule has 0 bridgehead atoms. The van der Waals surface area contributed by atoms with Crippen molar-refractivity contribution >= 4 is 5.78 Å². The third kappa shape index (κ3) is 4.17. The number of carbonyl (C=O) groups excluding carboxylic acids is 1. The first-order chi connectivity index (χ1) is 9.31. The van der Waals surface area contributed by atoms with E-state index in [1.54, 1.807) is 0 Å². The Morgan fingerprint density at radius 1 is 1.11 bits per heavy atom. The minimum absolute atomic E-state index is 0.316. The molecule has 0 unspecified atom stereocenters. The van der Waals surface area contributed by atoms with Crippen LogP contribution in [0.1, 0.15) is 60.5 Å². The summed E-state index contributed by atoms with van der Waals surface area (Å²) < 4.78 is 0. The van der Waals surface area contributed by atoms with Crippen molar-refractivity contribution in [1.29, 1.82) is 0 Å². The molecular formula is C17H25NO. The van der Waals surface area contributed by atoms with Gasteiger partial charge in [0.05, 0.1) is 0 Å². The number of fused-ring (bicyclic) bond motifs is 1. The first-order valence-electron chi connectivity index (χ1n) is 7.67. The molecule has 1 N–H and O–H groups in total. The Labute approximate surface area is 116 Å². The van der Waals surface area contributed by atoms with Gasteiger partial charge in [0.2, 0.25) is 0 Å². The molecule has 0 atom stereocenters. The highest BCUT2D eigenvalue weighted by atomic mass is 16.1. The van der Waals surface area contributed by atoms with Crippen molar-refractivity contribution in [3.05, 3.63) is 34.9 Å². The number of unbranched alkanes of at least 4 members (excludes halogenated alkanes) is 3. The lowest BCUT2D eigenvalue weighted by molar-refractivity contribution is 0.0979. The summed E-state index contributed by atoms with van der Waals surface area (Å²) in [5.74, 6) is 0.316. The third-order valence-corrected chi connectivity index (χ3v) is 3.93. The lowest BCUT2D eigenvalue weighted by Gasteiger charge is -2.08. The van der Waals surface area contributed by atoms with Gasteiger partial charge in [0, 0.05) is 12.0 Å². The minimum atomic E-state index is 0.316. The Balaban J connectivity index is 1.96. The molecule has 1 aliphatic heterocycles. The molecular weight excluding hydrogens is 234 g/mol. The summed E-state index contributed by atoms with van der Waals surface area (Å²) in [4.78, 5) is 12.2. The zero-order valence-corrected chi connectivity index (χ0v) is 12.0. The van der Waals surface area contributed by atoms with Crippen LogP contribution in [-0.4, -0.2) is 18.9 Å². The topological polar surface area (TPSA) is 29.1 Å². The predicted molar refractivity (Wildman–Crippen MR) is 79.8 cm³/mol. The molecule has 0 aromatic heterocycles. The van der Waals surface area contributed by atoms with Gasteiger partial charge in [0.15, 0.2) is 5.78 Å². The molecule has 2 nitrogen and oxygen atoms in total. The molecule has 0 fully saturated rings. The van der Waals surface area contributed by atoms with Gasteiger partial charge >= 0.3 is 0 Å². The van der Waals surface area contributed by atoms with Gasteiger partial charge in [-0.15, -0.1) is 0 Å². The number of nitrogens with one attached hydrogen (secondary N) is 1. The second kappa shape index (κ2) is 7.44. The zero-order chi connectivity index (χ0) is 13.5. The number of benzene rings is 1. The molecule has 0 spiro atoms. The minimum Gasteiger partial charge on any atom is -0.316 e. The van der Waals surface area contributed by atoms with Gasteiger partial charge in [-0.2, -0.15) is 0 Å². The van der Waals surface area contributed by atoms with Crippen LogP contribution >= 0.6 is 0 Å². The van der Waals surface area contributed by atoms with Crippen molar-refractivity contribution in [3.63, 3.8) is 0 Å². The molecule has 0 amide bonds. The van der Waals surface area contributed by atoms with Gasteiger partial charge in [-0.25, -0.2) is 0 Å². The SMILES string of the molecule is CCCCCCC(=O)c1ccc2c(c1)CCNCC2. The van der Waals surface area contributed by atoms with Crippen molar-refractivity contribution in [3.8, 4) is 0 Å². The summed E-state index contributed by atoms with van der Waals surface area (Å²) >= 11 is 0. The van der Waals surface area contributed by atoms with E-state index in [9.17, 15) is 4.79 Å². The molecule has 0 aliphatic carbocycles. The van der Waals surface area contributed by atoms with Crippen molar-refractivity contribution in [2.24, 2.45) is 0 Å². The average molecular weight is 259 g/mol. The van der Waals surface area contributed by atoms with Gasteiger partial charge in [0.1, 0.15) is 0 Å². The average Bonchev–Trinajstić information content (AvgIpc) is 2.67. The summed E-state index contributed by atoms with van der Waals surface area (Å²) in [6.07, 6.45) is 7.51. The molecule has 0 radical (unpaired) electrons. The van der Waals surface area contributed by atoms with Crippen LogP contribution < -0.4 is 5.32 Å². The number of carbonyl (C=O) groups is 1. The monoisotopic (exact) mass is 259 g/mol. The van der Waals surface area contributed by atoms with Crippen LogP contribution in [-0.2, 0) is 12.8 Å². The van der Waals surface area contributed by atoms with Gasteiger partial charge in [-0.05, 0) is 49.5 Å². The van der Waals surface area contributed by atoms with Crippen molar-refractivity contribution in [1.82, 2.24) is 5.32 Å². The van der Waals surface area contributed by atoms with Crippen LogP contribution in [0.5, 0.6) is 0 Å². The van der Waals surface area contributed by atoms with E-state index in [1.807, 2.05) is 6.07 Å². The molecule has 1 aromatic carbocycles. The maximum atomic E-state index is 12.2. The largest absolute Gasteiger partial charge is 0.316 e. The summed E-state index contributed by atoms with van der Waals surface area (Å²) in [5.41, 5.74) is 3.69. The Morgan fingerprint density at radius 3 is 2.68 bits per heavy atom. The van der Waals surface area contributed by atoms with E-state index in [0.717, 1.165) is 37.9 Å². The Morgan fingerprint density at radius 2 is 1.89 bits per heavy atom. The molecule has 1 aromatic rings. The number of rotatable bonds is 6. The van der Waals surface area contributed by atoms with Crippen LogP contribution in [0, 0.1) is 0 Å². The lowest BCUT2D eigenvalue weighted by atomic mass is 9.96. The highest BCUT2D eigenvalue weighted by Crippen LogP contribution is 2.17. The van der Waals surface area contributed by atoms with E-state index in [0.29, 0.717) is 12.2 Å². The summed E-state index contributed by atoms with van der Waals surface area (Å²) in [6.45, 7) is 4.28. The van der Waals surface area contributed by atoms with E-state index < -0.39 is 0 Å². The van der Waals surface area contributed by atoms with Gasteiger partial charge < -0.3 is 5.32 Å². The predicted octanol–water partition coefficient (Wildman–Crippen LogP) is 3.53. The zero-order valence-electron chi connectivity index (χ0n) is 12.0. The smallest absolute Gasteiger partial charge is 0.162 e. The molecule has 1 aliphatic rings. The normalized spacial score (nSPS) is 14.8. The fraction of sp³-hybridized carbons (Fsp3) is 0.588. The van der Waals surface area contributed by atoms with E-state index >= 15 is 0 Å². The molecule has 0 saturated heterocycles. The fourth-order valence-electron chi connectivity index (χ4n) is 2.70. The summed E-state index contributed by atoms with van der Waals surface area (Å²) in [6, 6.07) is 6.30. The highest BCUT2D eigenvalue weighted by molar-refractivity contribution is 5.96. The van der Waals surface area contributed by atoms with E-state index in [-0.39, 0.29) is 0 Å². The Bertz CT molecular complexity index is 425. The highest BCUT2D eigenvalue weighted by Gasteiger charge is 2.11. The van der Waals surface area contributed by atoms with Crippen molar-refractivity contribution in [2.45, 2.75) is 51.9 Å². The quantitative estimate of drug-likeness (QED) is 0.625. The molecule has 0 saturated carbocycles. The first-order valence-corrected chi connectivity index (χ1v) is 7.67. The maximum Gasteiger partial charge on any atom is 0.162 e. The van der Waals surface area contributed by atoms with Crippen LogP contribution in [0.15, 0.2) is 18.2 Å². The Kier molecular flexibility index (Phi) is 5.59. The molecule has 104 valence electrons. The van der Waals surface area contributed by atoms with Crippen LogP contribution in [0.3, 0.4) is 0 Å². The molecule has 19 heavy (non-hydrogen) atoms. The van der Waals surface area contributed by atoms with Gasteiger partial charge in [0.25, 0.3) is 0 Å². The van der Waals surface area contributed by atoms with E-state index in [4.69, 9.17) is 0 Å². The number of ketones is 1. The Hall–Kier alpha value is -1.15. The maximum absolute atomic E-state index is 12.2.